The SMILES string of the molecule is CCCCOC1CC(NCCC)C1OCCC. The van der Waals surface area contributed by atoms with Crippen LogP contribution in [0.25, 0.3) is 0 Å². The molecular formula is C14H29NO2. The number of rotatable bonds is 10. The van der Waals surface area contributed by atoms with Gasteiger partial charge in [0.05, 0.1) is 12.2 Å². The van der Waals surface area contributed by atoms with Crippen LogP contribution in [0.5, 0.6) is 0 Å². The van der Waals surface area contributed by atoms with Crippen LogP contribution in [0, 0.1) is 0 Å². The molecule has 3 atom stereocenters. The van der Waals surface area contributed by atoms with Crippen LogP contribution in [0.3, 0.4) is 0 Å². The van der Waals surface area contributed by atoms with Crippen molar-refractivity contribution in [2.45, 2.75) is 71.1 Å². The molecule has 0 aromatic heterocycles. The Kier molecular flexibility index (Phi) is 7.82. The molecule has 0 bridgehead atoms. The first-order chi connectivity index (χ1) is 8.33. The van der Waals surface area contributed by atoms with E-state index in [1.165, 1.54) is 12.8 Å². The van der Waals surface area contributed by atoms with Crippen LogP contribution in [0.15, 0.2) is 0 Å². The molecule has 3 nitrogen and oxygen atoms in total. The molecule has 1 aliphatic carbocycles. The average molecular weight is 243 g/mol. The summed E-state index contributed by atoms with van der Waals surface area (Å²) in [5.74, 6) is 0. The summed E-state index contributed by atoms with van der Waals surface area (Å²) in [5, 5.41) is 3.54. The highest BCUT2D eigenvalue weighted by molar-refractivity contribution is 4.97. The van der Waals surface area contributed by atoms with Crippen LogP contribution in [-0.4, -0.2) is 38.0 Å². The third-order valence-electron chi connectivity index (χ3n) is 3.25. The smallest absolute Gasteiger partial charge is 0.0990 e. The molecule has 0 heterocycles. The number of hydrogen-bond donors (Lipinski definition) is 1. The Morgan fingerprint density at radius 2 is 1.82 bits per heavy atom. The Bertz CT molecular complexity index is 187. The molecule has 0 spiro atoms. The van der Waals surface area contributed by atoms with Crippen LogP contribution in [0.2, 0.25) is 0 Å². The maximum absolute atomic E-state index is 5.89. The quantitative estimate of drug-likeness (QED) is 0.598. The molecule has 0 aromatic carbocycles. The molecule has 3 unspecified atom stereocenters. The molecule has 17 heavy (non-hydrogen) atoms. The minimum absolute atomic E-state index is 0.276. The van der Waals surface area contributed by atoms with Crippen molar-refractivity contribution in [1.82, 2.24) is 5.32 Å². The first-order valence-electron chi connectivity index (χ1n) is 7.30. The number of nitrogens with one attached hydrogen (secondary N) is 1. The highest BCUT2D eigenvalue weighted by Gasteiger charge is 2.42. The van der Waals surface area contributed by atoms with Crippen LogP contribution < -0.4 is 5.32 Å². The summed E-state index contributed by atoms with van der Waals surface area (Å²) in [7, 11) is 0. The van der Waals surface area contributed by atoms with E-state index in [0.717, 1.165) is 39.0 Å². The summed E-state index contributed by atoms with van der Waals surface area (Å²) in [6.07, 6.45) is 6.32. The Balaban J connectivity index is 2.24. The minimum atomic E-state index is 0.276. The van der Waals surface area contributed by atoms with E-state index in [1.807, 2.05) is 0 Å². The minimum Gasteiger partial charge on any atom is -0.375 e. The van der Waals surface area contributed by atoms with E-state index in [2.05, 4.69) is 26.1 Å². The number of unbranched alkanes of at least 4 members (excludes halogenated alkanes) is 1. The van der Waals surface area contributed by atoms with E-state index >= 15 is 0 Å². The van der Waals surface area contributed by atoms with Crippen LogP contribution >= 0.6 is 0 Å². The van der Waals surface area contributed by atoms with Crippen molar-refractivity contribution in [3.63, 3.8) is 0 Å². The van der Waals surface area contributed by atoms with Crippen molar-refractivity contribution in [2.24, 2.45) is 0 Å². The summed E-state index contributed by atoms with van der Waals surface area (Å²) in [4.78, 5) is 0. The first-order valence-corrected chi connectivity index (χ1v) is 7.30. The highest BCUT2D eigenvalue weighted by atomic mass is 16.5. The van der Waals surface area contributed by atoms with Gasteiger partial charge in [0.15, 0.2) is 0 Å². The van der Waals surface area contributed by atoms with E-state index in [1.54, 1.807) is 0 Å². The monoisotopic (exact) mass is 243 g/mol. The standard InChI is InChI=1S/C14H29NO2/c1-4-7-10-16-13-11-12(15-8-5-2)14(13)17-9-6-3/h12-15H,4-11H2,1-3H3. The lowest BCUT2D eigenvalue weighted by atomic mass is 9.85. The normalized spacial score (nSPS) is 28.1. The maximum atomic E-state index is 5.89. The van der Waals surface area contributed by atoms with Crippen LogP contribution in [0.1, 0.15) is 52.9 Å². The second-order valence-corrected chi connectivity index (χ2v) is 4.89. The fraction of sp³-hybridized carbons (Fsp3) is 1.00. The van der Waals surface area contributed by atoms with Crippen molar-refractivity contribution in [3.8, 4) is 0 Å². The van der Waals surface area contributed by atoms with Crippen molar-refractivity contribution < 1.29 is 9.47 Å². The zero-order chi connectivity index (χ0) is 12.5. The van der Waals surface area contributed by atoms with Gasteiger partial charge in [0, 0.05) is 19.3 Å². The number of hydrogen-bond acceptors (Lipinski definition) is 3. The Morgan fingerprint density at radius 3 is 2.47 bits per heavy atom. The third kappa shape index (κ3) is 4.94. The summed E-state index contributed by atoms with van der Waals surface area (Å²) in [6.45, 7) is 9.36. The van der Waals surface area contributed by atoms with Crippen molar-refractivity contribution >= 4 is 0 Å². The molecule has 1 fully saturated rings. The molecular weight excluding hydrogens is 214 g/mol. The van der Waals surface area contributed by atoms with Gasteiger partial charge in [0.1, 0.15) is 0 Å². The van der Waals surface area contributed by atoms with Gasteiger partial charge in [0.25, 0.3) is 0 Å². The third-order valence-corrected chi connectivity index (χ3v) is 3.25. The summed E-state index contributed by atoms with van der Waals surface area (Å²) < 4.78 is 11.8. The van der Waals surface area contributed by atoms with Crippen LogP contribution in [0.4, 0.5) is 0 Å². The van der Waals surface area contributed by atoms with Gasteiger partial charge in [-0.2, -0.15) is 0 Å². The number of ether oxygens (including phenoxy) is 2. The fourth-order valence-electron chi connectivity index (χ4n) is 2.13. The Morgan fingerprint density at radius 1 is 1.00 bits per heavy atom. The summed E-state index contributed by atoms with van der Waals surface area (Å²) in [5.41, 5.74) is 0. The lowest BCUT2D eigenvalue weighted by Crippen LogP contribution is -2.60. The van der Waals surface area contributed by atoms with E-state index in [9.17, 15) is 0 Å². The molecule has 3 heteroatoms. The van der Waals surface area contributed by atoms with Gasteiger partial charge in [-0.1, -0.05) is 27.2 Å². The molecule has 102 valence electrons. The molecule has 0 aliphatic heterocycles. The van der Waals surface area contributed by atoms with E-state index in [0.29, 0.717) is 12.1 Å². The average Bonchev–Trinajstić information content (AvgIpc) is 2.32. The lowest BCUT2D eigenvalue weighted by Gasteiger charge is -2.44. The largest absolute Gasteiger partial charge is 0.375 e. The van der Waals surface area contributed by atoms with Gasteiger partial charge in [-0.3, -0.25) is 0 Å². The van der Waals surface area contributed by atoms with Gasteiger partial charge in [-0.25, -0.2) is 0 Å². The van der Waals surface area contributed by atoms with E-state index in [4.69, 9.17) is 9.47 Å². The summed E-state index contributed by atoms with van der Waals surface area (Å²) in [6, 6.07) is 0.508. The predicted molar refractivity (Wildman–Crippen MR) is 71.4 cm³/mol. The van der Waals surface area contributed by atoms with Crippen LogP contribution in [-0.2, 0) is 9.47 Å². The van der Waals surface area contributed by atoms with Gasteiger partial charge in [0.2, 0.25) is 0 Å². The second kappa shape index (κ2) is 8.90. The Labute approximate surface area is 106 Å². The fourth-order valence-corrected chi connectivity index (χ4v) is 2.13. The molecule has 0 aromatic rings. The van der Waals surface area contributed by atoms with Gasteiger partial charge >= 0.3 is 0 Å². The van der Waals surface area contributed by atoms with E-state index < -0.39 is 0 Å². The molecule has 1 N–H and O–H groups in total. The zero-order valence-electron chi connectivity index (χ0n) is 11.7. The molecule has 1 saturated carbocycles. The second-order valence-electron chi connectivity index (χ2n) is 4.89. The molecule has 1 aliphatic rings. The van der Waals surface area contributed by atoms with Crippen molar-refractivity contribution in [1.29, 1.82) is 0 Å². The Hall–Kier alpha value is -0.120. The molecule has 0 radical (unpaired) electrons. The van der Waals surface area contributed by atoms with Gasteiger partial charge in [-0.05, 0) is 32.2 Å². The summed E-state index contributed by atoms with van der Waals surface area (Å²) >= 11 is 0. The molecule has 0 saturated heterocycles. The van der Waals surface area contributed by atoms with Crippen molar-refractivity contribution in [3.05, 3.63) is 0 Å². The molecule has 1 rings (SSSR count). The zero-order valence-corrected chi connectivity index (χ0v) is 11.7. The van der Waals surface area contributed by atoms with Gasteiger partial charge in [-0.15, -0.1) is 0 Å². The van der Waals surface area contributed by atoms with Gasteiger partial charge < -0.3 is 14.8 Å². The molecule has 0 amide bonds. The topological polar surface area (TPSA) is 30.5 Å². The predicted octanol–water partition coefficient (Wildman–Crippen LogP) is 2.74. The first kappa shape index (κ1) is 14.9. The highest BCUT2D eigenvalue weighted by Crippen LogP contribution is 2.27. The lowest BCUT2D eigenvalue weighted by molar-refractivity contribution is -0.147. The van der Waals surface area contributed by atoms with Crippen molar-refractivity contribution in [2.75, 3.05) is 19.8 Å². The van der Waals surface area contributed by atoms with E-state index in [-0.39, 0.29) is 6.10 Å². The maximum Gasteiger partial charge on any atom is 0.0990 e.